The Morgan fingerprint density at radius 1 is 1.14 bits per heavy atom. The van der Waals surface area contributed by atoms with E-state index in [1.807, 2.05) is 36.4 Å². The Morgan fingerprint density at radius 3 is 2.59 bits per heavy atom. The molecule has 2 nitrogen and oxygen atoms in total. The Bertz CT molecular complexity index is 708. The maximum absolute atomic E-state index is 8.81. The van der Waals surface area contributed by atoms with Crippen LogP contribution in [0.1, 0.15) is 16.7 Å². The van der Waals surface area contributed by atoms with Gasteiger partial charge in [-0.2, -0.15) is 5.26 Å². The number of nitriles is 1. The fourth-order valence-corrected chi connectivity index (χ4v) is 2.34. The molecule has 0 spiro atoms. The zero-order chi connectivity index (χ0) is 15.8. The van der Waals surface area contributed by atoms with Gasteiger partial charge in [-0.15, -0.1) is 0 Å². The summed E-state index contributed by atoms with van der Waals surface area (Å²) in [4.78, 5) is 0. The maximum atomic E-state index is 8.81. The summed E-state index contributed by atoms with van der Waals surface area (Å²) in [5.41, 5.74) is 3.95. The van der Waals surface area contributed by atoms with Crippen molar-refractivity contribution in [1.29, 1.82) is 5.26 Å². The summed E-state index contributed by atoms with van der Waals surface area (Å²) < 4.78 is 5.49. The molecule has 2 aromatic carbocycles. The minimum atomic E-state index is 0.442. The normalized spacial score (nSPS) is 10.4. The average Bonchev–Trinajstić information content (AvgIpc) is 2.58. The molecule has 0 saturated heterocycles. The molecule has 2 aromatic rings. The summed E-state index contributed by atoms with van der Waals surface area (Å²) in [6, 6.07) is 18.4. The van der Waals surface area contributed by atoms with E-state index >= 15 is 0 Å². The molecule has 2 heteroatoms. The molecular weight excluding hydrogens is 270 g/mol. The number of ether oxygens (including phenoxy) is 1. The van der Waals surface area contributed by atoms with E-state index < -0.39 is 0 Å². The van der Waals surface area contributed by atoms with Gasteiger partial charge in [-0.1, -0.05) is 55.1 Å². The van der Waals surface area contributed by atoms with Gasteiger partial charge in [0.1, 0.15) is 5.75 Å². The third-order valence-corrected chi connectivity index (χ3v) is 3.50. The Morgan fingerprint density at radius 2 is 1.91 bits per heavy atom. The van der Waals surface area contributed by atoms with Crippen molar-refractivity contribution in [1.82, 2.24) is 0 Å². The van der Waals surface area contributed by atoms with Crippen LogP contribution in [0.2, 0.25) is 0 Å². The van der Waals surface area contributed by atoms with Crippen LogP contribution in [-0.2, 0) is 12.8 Å². The smallest absolute Gasteiger partial charge is 0.122 e. The van der Waals surface area contributed by atoms with Crippen molar-refractivity contribution < 1.29 is 4.74 Å². The Balaban J connectivity index is 2.25. The lowest BCUT2D eigenvalue weighted by molar-refractivity contribution is 0.409. The Hall–Kier alpha value is -2.79. The first-order valence-corrected chi connectivity index (χ1v) is 7.21. The highest BCUT2D eigenvalue weighted by atomic mass is 16.5. The van der Waals surface area contributed by atoms with Crippen LogP contribution < -0.4 is 4.74 Å². The topological polar surface area (TPSA) is 33.0 Å². The molecule has 22 heavy (non-hydrogen) atoms. The molecule has 0 aliphatic rings. The van der Waals surface area contributed by atoms with Gasteiger partial charge in [-0.05, 0) is 36.1 Å². The van der Waals surface area contributed by atoms with E-state index in [0.29, 0.717) is 5.57 Å². The van der Waals surface area contributed by atoms with Crippen LogP contribution in [0.4, 0.5) is 0 Å². The van der Waals surface area contributed by atoms with Gasteiger partial charge in [0.05, 0.1) is 13.2 Å². The van der Waals surface area contributed by atoms with Crippen LogP contribution in [0, 0.1) is 11.3 Å². The first-order chi connectivity index (χ1) is 10.7. The van der Waals surface area contributed by atoms with Gasteiger partial charge in [0.15, 0.2) is 0 Å². The number of aryl methyl sites for hydroxylation is 1. The van der Waals surface area contributed by atoms with E-state index in [1.54, 1.807) is 13.2 Å². The highest BCUT2D eigenvalue weighted by Gasteiger charge is 2.07. The lowest BCUT2D eigenvalue weighted by Crippen LogP contribution is -1.98. The third kappa shape index (κ3) is 4.10. The molecule has 0 aliphatic carbocycles. The van der Waals surface area contributed by atoms with Crippen molar-refractivity contribution in [3.8, 4) is 11.8 Å². The van der Waals surface area contributed by atoms with Crippen LogP contribution in [0.15, 0.2) is 66.8 Å². The molecule has 0 saturated carbocycles. The van der Waals surface area contributed by atoms with Crippen molar-refractivity contribution in [3.63, 3.8) is 0 Å². The zero-order valence-corrected chi connectivity index (χ0v) is 12.8. The number of benzene rings is 2. The Kier molecular flexibility index (Phi) is 5.57. The van der Waals surface area contributed by atoms with Gasteiger partial charge < -0.3 is 4.74 Å². The molecule has 0 bridgehead atoms. The molecule has 0 fully saturated rings. The fraction of sp³-hybridized carbons (Fsp3) is 0.150. The molecule has 0 N–H and O–H groups in total. The van der Waals surface area contributed by atoms with Crippen molar-refractivity contribution in [3.05, 3.63) is 83.4 Å². The van der Waals surface area contributed by atoms with Crippen molar-refractivity contribution >= 4 is 6.08 Å². The number of allylic oxidation sites excluding steroid dienone is 2. The summed E-state index contributed by atoms with van der Waals surface area (Å²) in [5, 5.41) is 8.81. The number of methoxy groups -OCH3 is 1. The van der Waals surface area contributed by atoms with E-state index in [0.717, 1.165) is 29.7 Å². The van der Waals surface area contributed by atoms with E-state index in [4.69, 9.17) is 10.00 Å². The molecule has 110 valence electrons. The lowest BCUT2D eigenvalue weighted by Gasteiger charge is -2.12. The van der Waals surface area contributed by atoms with E-state index in [2.05, 4.69) is 30.8 Å². The van der Waals surface area contributed by atoms with Crippen molar-refractivity contribution in [2.75, 3.05) is 7.11 Å². The highest BCUT2D eigenvalue weighted by molar-refractivity contribution is 5.61. The zero-order valence-electron chi connectivity index (χ0n) is 12.8. The number of rotatable bonds is 6. The van der Waals surface area contributed by atoms with E-state index in [9.17, 15) is 0 Å². The molecule has 0 unspecified atom stereocenters. The molecule has 0 heterocycles. The summed E-state index contributed by atoms with van der Waals surface area (Å²) in [7, 11) is 1.68. The van der Waals surface area contributed by atoms with Crippen LogP contribution in [-0.4, -0.2) is 7.11 Å². The van der Waals surface area contributed by atoms with Crippen LogP contribution in [0.5, 0.6) is 5.75 Å². The maximum Gasteiger partial charge on any atom is 0.122 e. The molecule has 0 aromatic heterocycles. The van der Waals surface area contributed by atoms with Gasteiger partial charge in [0, 0.05) is 11.1 Å². The van der Waals surface area contributed by atoms with Crippen molar-refractivity contribution in [2.45, 2.75) is 12.8 Å². The quantitative estimate of drug-likeness (QED) is 0.576. The first kappa shape index (κ1) is 15.6. The summed E-state index contributed by atoms with van der Waals surface area (Å²) in [6.45, 7) is 3.67. The number of nitrogens with zero attached hydrogens (tertiary/aromatic N) is 1. The SMILES string of the molecule is C=C(C#N)/C=C/c1cccc(OC)c1CCc1ccccc1. The van der Waals surface area contributed by atoms with Gasteiger partial charge in [0.2, 0.25) is 0 Å². The molecular formula is C20H19NO. The first-order valence-electron chi connectivity index (χ1n) is 7.21. The minimum Gasteiger partial charge on any atom is -0.496 e. The lowest BCUT2D eigenvalue weighted by atomic mass is 9.98. The second-order valence-corrected chi connectivity index (χ2v) is 4.98. The van der Waals surface area contributed by atoms with Crippen LogP contribution in [0.3, 0.4) is 0 Å². The molecule has 0 atom stereocenters. The monoisotopic (exact) mass is 289 g/mol. The highest BCUT2D eigenvalue weighted by Crippen LogP contribution is 2.25. The largest absolute Gasteiger partial charge is 0.496 e. The van der Waals surface area contributed by atoms with E-state index in [1.165, 1.54) is 5.56 Å². The predicted octanol–water partition coefficient (Wildman–Crippen LogP) is 4.57. The van der Waals surface area contributed by atoms with Crippen LogP contribution >= 0.6 is 0 Å². The Labute approximate surface area is 132 Å². The van der Waals surface area contributed by atoms with Gasteiger partial charge >= 0.3 is 0 Å². The second kappa shape index (κ2) is 7.85. The summed E-state index contributed by atoms with van der Waals surface area (Å²) >= 11 is 0. The second-order valence-electron chi connectivity index (χ2n) is 4.98. The predicted molar refractivity (Wildman–Crippen MR) is 90.6 cm³/mol. The molecule has 0 radical (unpaired) electrons. The minimum absolute atomic E-state index is 0.442. The van der Waals surface area contributed by atoms with Crippen LogP contribution in [0.25, 0.3) is 6.08 Å². The molecule has 2 rings (SSSR count). The van der Waals surface area contributed by atoms with Crippen molar-refractivity contribution in [2.24, 2.45) is 0 Å². The van der Waals surface area contributed by atoms with Gasteiger partial charge in [-0.3, -0.25) is 0 Å². The van der Waals surface area contributed by atoms with Gasteiger partial charge in [0.25, 0.3) is 0 Å². The summed E-state index contributed by atoms with van der Waals surface area (Å²) in [5.74, 6) is 0.876. The number of hydrogen-bond donors (Lipinski definition) is 0. The average molecular weight is 289 g/mol. The number of hydrogen-bond acceptors (Lipinski definition) is 2. The summed E-state index contributed by atoms with van der Waals surface area (Å²) in [6.07, 6.45) is 5.49. The molecule has 0 aliphatic heterocycles. The molecule has 0 amide bonds. The standard InChI is InChI=1S/C20H19NO/c1-16(15-21)11-13-18-9-6-10-20(22-2)19(18)14-12-17-7-4-3-5-8-17/h3-11,13H,1,12,14H2,2H3/b13-11+. The van der Waals surface area contributed by atoms with E-state index in [-0.39, 0.29) is 0 Å². The third-order valence-electron chi connectivity index (χ3n) is 3.50. The van der Waals surface area contributed by atoms with Gasteiger partial charge in [-0.25, -0.2) is 0 Å². The fourth-order valence-electron chi connectivity index (χ4n) is 2.34.